The number of benzene rings is 1. The van der Waals surface area contributed by atoms with E-state index in [-0.39, 0.29) is 6.42 Å². The number of alkyl halides is 2. The van der Waals surface area contributed by atoms with E-state index in [1.165, 1.54) is 7.11 Å². The molecule has 0 radical (unpaired) electrons. The maximum absolute atomic E-state index is 14.5. The lowest BCUT2D eigenvalue weighted by molar-refractivity contribution is 0.0530. The molecule has 2 atom stereocenters. The van der Waals surface area contributed by atoms with Gasteiger partial charge in [-0.2, -0.15) is 8.78 Å². The van der Waals surface area contributed by atoms with E-state index in [4.69, 9.17) is 4.74 Å². The van der Waals surface area contributed by atoms with E-state index in [0.29, 0.717) is 29.5 Å². The number of nitrogens with zero attached hydrogens (tertiary/aromatic N) is 1. The Bertz CT molecular complexity index is 605. The summed E-state index contributed by atoms with van der Waals surface area (Å²) in [6.45, 7) is 4.32. The van der Waals surface area contributed by atoms with Crippen molar-refractivity contribution in [2.75, 3.05) is 12.4 Å². The molecule has 25 heavy (non-hydrogen) atoms. The van der Waals surface area contributed by atoms with Crippen molar-refractivity contribution in [3.8, 4) is 5.75 Å². The van der Waals surface area contributed by atoms with Crippen LogP contribution in [0.3, 0.4) is 0 Å². The van der Waals surface area contributed by atoms with Gasteiger partial charge in [0.1, 0.15) is 11.5 Å². The molecule has 0 bridgehead atoms. The minimum absolute atomic E-state index is 0.295. The lowest BCUT2D eigenvalue weighted by atomic mass is 9.98. The molecule has 2 N–H and O–H groups in total. The number of aliphatic hydroxyl groups excluding tert-OH is 1. The molecule has 6 heteroatoms. The number of hydrogen-bond donors (Lipinski definition) is 2. The van der Waals surface area contributed by atoms with Crippen LogP contribution in [0, 0.1) is 5.92 Å². The molecule has 0 saturated carbocycles. The van der Waals surface area contributed by atoms with Gasteiger partial charge in [-0.15, -0.1) is 0 Å². The first-order valence-electron chi connectivity index (χ1n) is 8.97. The predicted octanol–water partition coefficient (Wildman–Crippen LogP) is 5.14. The average Bonchev–Trinajstić information content (AvgIpc) is 2.59. The summed E-state index contributed by atoms with van der Waals surface area (Å²) < 4.78 is 34.1. The normalized spacial score (nSPS) is 18.2. The Balaban J connectivity index is 1.98. The van der Waals surface area contributed by atoms with Gasteiger partial charge in [0.05, 0.1) is 18.5 Å². The molecule has 0 aromatic heterocycles. The zero-order chi connectivity index (χ0) is 18.4. The van der Waals surface area contributed by atoms with Gasteiger partial charge >= 0.3 is 0 Å². The van der Waals surface area contributed by atoms with Crippen molar-refractivity contribution in [2.45, 2.75) is 64.5 Å². The van der Waals surface area contributed by atoms with Crippen molar-refractivity contribution in [3.05, 3.63) is 18.2 Å². The molecule has 1 aliphatic rings. The monoisotopic (exact) mass is 354 g/mol. The van der Waals surface area contributed by atoms with Crippen molar-refractivity contribution in [3.63, 3.8) is 0 Å². The van der Waals surface area contributed by atoms with Gasteiger partial charge < -0.3 is 15.2 Å². The minimum Gasteiger partial charge on any atom is -0.497 e. The van der Waals surface area contributed by atoms with E-state index >= 15 is 0 Å². The molecule has 0 spiro atoms. The lowest BCUT2D eigenvalue weighted by Crippen LogP contribution is -2.43. The summed E-state index contributed by atoms with van der Waals surface area (Å²) in [5.74, 6) is -1.91. The first-order valence-corrected chi connectivity index (χ1v) is 8.97. The highest BCUT2D eigenvalue weighted by atomic mass is 19.3. The van der Waals surface area contributed by atoms with Crippen molar-refractivity contribution in [2.24, 2.45) is 10.9 Å². The van der Waals surface area contributed by atoms with Gasteiger partial charge in [-0.3, -0.25) is 0 Å². The number of ether oxygens (including phenoxy) is 1. The average molecular weight is 354 g/mol. The Labute approximate surface area is 148 Å². The third-order valence-corrected chi connectivity index (χ3v) is 4.76. The number of unbranched alkanes of at least 4 members (excludes halogenated alkanes) is 2. The molecule has 1 aromatic rings. The summed E-state index contributed by atoms with van der Waals surface area (Å²) >= 11 is 0. The van der Waals surface area contributed by atoms with Crippen molar-refractivity contribution in [1.82, 2.24) is 0 Å². The predicted molar refractivity (Wildman–Crippen MR) is 97.2 cm³/mol. The molecule has 1 heterocycles. The van der Waals surface area contributed by atoms with Crippen molar-refractivity contribution < 1.29 is 18.6 Å². The van der Waals surface area contributed by atoms with Crippen LogP contribution in [0.15, 0.2) is 23.2 Å². The molecule has 2 unspecified atom stereocenters. The number of rotatable bonds is 9. The summed E-state index contributed by atoms with van der Waals surface area (Å²) in [7, 11) is 1.52. The highest BCUT2D eigenvalue weighted by Crippen LogP contribution is 2.37. The Kier molecular flexibility index (Phi) is 6.76. The van der Waals surface area contributed by atoms with E-state index in [1.807, 2.05) is 0 Å². The summed E-state index contributed by atoms with van der Waals surface area (Å²) in [6, 6.07) is 4.90. The van der Waals surface area contributed by atoms with Gasteiger partial charge in [-0.25, -0.2) is 4.99 Å². The fourth-order valence-electron chi connectivity index (χ4n) is 2.89. The van der Waals surface area contributed by atoms with Crippen LogP contribution in [0.4, 0.5) is 20.2 Å². The van der Waals surface area contributed by atoms with Crippen LogP contribution in [0.1, 0.15) is 52.4 Å². The van der Waals surface area contributed by atoms with Crippen LogP contribution in [0.5, 0.6) is 5.75 Å². The summed E-state index contributed by atoms with van der Waals surface area (Å²) in [5.41, 5.74) is 0.365. The maximum Gasteiger partial charge on any atom is 0.290 e. The minimum atomic E-state index is -3.12. The fraction of sp³-hybridized carbons (Fsp3) is 0.632. The van der Waals surface area contributed by atoms with E-state index in [1.54, 1.807) is 18.2 Å². The Morgan fingerprint density at radius 2 is 2.08 bits per heavy atom. The number of hydrogen-bond acceptors (Lipinski definition) is 4. The first kappa shape index (κ1) is 19.6. The molecule has 140 valence electrons. The second-order valence-electron chi connectivity index (χ2n) is 6.74. The molecule has 0 saturated heterocycles. The number of aliphatic imine (C=N–C) groups is 1. The standard InChI is InChI=1S/C19H28F2N2O2/c1-4-13(2)8-6-5-7-11-19(20,21)17-18(24)23-16-12-14(25-3)9-10-15(16)22-17/h9-10,12-13,18,23-24H,4-8,11H2,1-3H3. The van der Waals surface area contributed by atoms with Crippen LogP contribution in [0.25, 0.3) is 0 Å². The smallest absolute Gasteiger partial charge is 0.290 e. The van der Waals surface area contributed by atoms with Crippen LogP contribution in [0.2, 0.25) is 0 Å². The first-order chi connectivity index (χ1) is 11.9. The zero-order valence-electron chi connectivity index (χ0n) is 15.2. The number of nitrogens with one attached hydrogen (secondary N) is 1. The van der Waals surface area contributed by atoms with Gasteiger partial charge in [0.25, 0.3) is 5.92 Å². The third kappa shape index (κ3) is 5.14. The summed E-state index contributed by atoms with van der Waals surface area (Å²) in [6.07, 6.45) is 2.55. The highest BCUT2D eigenvalue weighted by molar-refractivity contribution is 6.01. The number of aliphatic hydroxyl groups is 1. The molecule has 0 amide bonds. The molecule has 1 aromatic carbocycles. The quantitative estimate of drug-likeness (QED) is 0.604. The molecule has 1 aliphatic heterocycles. The Morgan fingerprint density at radius 3 is 2.76 bits per heavy atom. The maximum atomic E-state index is 14.5. The Morgan fingerprint density at radius 1 is 1.32 bits per heavy atom. The zero-order valence-corrected chi connectivity index (χ0v) is 15.2. The lowest BCUT2D eigenvalue weighted by Gasteiger charge is -2.28. The molecule has 2 rings (SSSR count). The van der Waals surface area contributed by atoms with E-state index < -0.39 is 17.9 Å². The van der Waals surface area contributed by atoms with Gasteiger partial charge in [0.2, 0.25) is 0 Å². The molecule has 0 aliphatic carbocycles. The van der Waals surface area contributed by atoms with Gasteiger partial charge in [-0.05, 0) is 24.5 Å². The molecule has 4 nitrogen and oxygen atoms in total. The van der Waals surface area contributed by atoms with E-state index in [0.717, 1.165) is 25.7 Å². The van der Waals surface area contributed by atoms with Gasteiger partial charge in [-0.1, -0.05) is 39.5 Å². The number of anilines is 1. The van der Waals surface area contributed by atoms with Crippen LogP contribution in [-0.2, 0) is 0 Å². The van der Waals surface area contributed by atoms with Crippen LogP contribution >= 0.6 is 0 Å². The third-order valence-electron chi connectivity index (χ3n) is 4.76. The van der Waals surface area contributed by atoms with Gasteiger partial charge in [0.15, 0.2) is 6.23 Å². The number of fused-ring (bicyclic) bond motifs is 1. The van der Waals surface area contributed by atoms with E-state index in [2.05, 4.69) is 24.2 Å². The van der Waals surface area contributed by atoms with Crippen LogP contribution < -0.4 is 10.1 Å². The fourth-order valence-corrected chi connectivity index (χ4v) is 2.89. The number of methoxy groups -OCH3 is 1. The highest BCUT2D eigenvalue weighted by Gasteiger charge is 2.41. The van der Waals surface area contributed by atoms with Crippen LogP contribution in [-0.4, -0.2) is 30.1 Å². The SMILES string of the molecule is CCC(C)CCCCCC(F)(F)C1=Nc2ccc(OC)cc2NC1O. The van der Waals surface area contributed by atoms with Gasteiger partial charge in [0, 0.05) is 12.5 Å². The van der Waals surface area contributed by atoms with Crippen molar-refractivity contribution >= 4 is 17.1 Å². The molecular weight excluding hydrogens is 326 g/mol. The second-order valence-corrected chi connectivity index (χ2v) is 6.74. The molecular formula is C19H28F2N2O2. The van der Waals surface area contributed by atoms with Crippen molar-refractivity contribution in [1.29, 1.82) is 0 Å². The van der Waals surface area contributed by atoms with E-state index in [9.17, 15) is 13.9 Å². The second kappa shape index (κ2) is 8.61. The Hall–Kier alpha value is -1.69. The number of halogens is 2. The molecule has 0 fully saturated rings. The summed E-state index contributed by atoms with van der Waals surface area (Å²) in [5, 5.41) is 12.7. The largest absolute Gasteiger partial charge is 0.497 e. The summed E-state index contributed by atoms with van der Waals surface area (Å²) in [4.78, 5) is 4.01. The topological polar surface area (TPSA) is 53.8 Å².